The number of hydrogen-bond donors (Lipinski definition) is 0. The number of carbonyl (C=O) groups excluding carboxylic acids is 1. The molecule has 0 spiro atoms. The van der Waals surface area contributed by atoms with E-state index in [1.807, 2.05) is 6.92 Å². The molecule has 0 atom stereocenters. The lowest BCUT2D eigenvalue weighted by atomic mass is 10.1. The van der Waals surface area contributed by atoms with Crippen LogP contribution >= 0.6 is 23.2 Å². The van der Waals surface area contributed by atoms with Gasteiger partial charge in [-0.2, -0.15) is 0 Å². The lowest BCUT2D eigenvalue weighted by molar-refractivity contribution is -0.147. The quantitative estimate of drug-likeness (QED) is 0.471. The molecule has 26 heavy (non-hydrogen) atoms. The molecule has 0 aliphatic carbocycles. The second-order valence-corrected chi connectivity index (χ2v) is 6.42. The highest BCUT2D eigenvalue weighted by Gasteiger charge is 2.08. The van der Waals surface area contributed by atoms with Crippen LogP contribution in [0.15, 0.2) is 51.7 Å². The van der Waals surface area contributed by atoms with Crippen molar-refractivity contribution >= 4 is 40.1 Å². The number of carbonyl (C=O) groups is 1. The van der Waals surface area contributed by atoms with Crippen LogP contribution < -0.4 is 10.4 Å². The third-order valence-electron chi connectivity index (χ3n) is 3.66. The van der Waals surface area contributed by atoms with Crippen molar-refractivity contribution in [3.8, 4) is 5.75 Å². The molecule has 134 valence electrons. The molecule has 0 unspecified atom stereocenters. The van der Waals surface area contributed by atoms with E-state index in [0.717, 1.165) is 16.5 Å². The minimum absolute atomic E-state index is 0.0604. The first-order valence-corrected chi connectivity index (χ1v) is 8.45. The molecule has 0 N–H and O–H groups in total. The van der Waals surface area contributed by atoms with Gasteiger partial charge < -0.3 is 13.9 Å². The zero-order chi connectivity index (χ0) is 18.7. The third kappa shape index (κ3) is 4.36. The largest absolute Gasteiger partial charge is 0.482 e. The van der Waals surface area contributed by atoms with Gasteiger partial charge in [-0.25, -0.2) is 9.59 Å². The summed E-state index contributed by atoms with van der Waals surface area (Å²) in [6.07, 6.45) is 0. The highest BCUT2D eigenvalue weighted by molar-refractivity contribution is 6.42. The van der Waals surface area contributed by atoms with Gasteiger partial charge in [0.2, 0.25) is 0 Å². The van der Waals surface area contributed by atoms with Crippen LogP contribution in [0.1, 0.15) is 11.1 Å². The molecular weight excluding hydrogens is 379 g/mol. The summed E-state index contributed by atoms with van der Waals surface area (Å²) in [6.45, 7) is 1.61. The van der Waals surface area contributed by atoms with E-state index in [0.29, 0.717) is 21.4 Å². The minimum Gasteiger partial charge on any atom is -0.482 e. The lowest BCUT2D eigenvalue weighted by Crippen LogP contribution is -2.14. The molecule has 2 aromatic carbocycles. The van der Waals surface area contributed by atoms with E-state index in [2.05, 4.69) is 0 Å². The highest BCUT2D eigenvalue weighted by atomic mass is 35.5. The Bertz CT molecular complexity index is 1030. The predicted molar refractivity (Wildman–Crippen MR) is 99.0 cm³/mol. The van der Waals surface area contributed by atoms with Gasteiger partial charge in [-0.3, -0.25) is 0 Å². The second-order valence-electron chi connectivity index (χ2n) is 5.60. The Kier molecular flexibility index (Phi) is 5.49. The van der Waals surface area contributed by atoms with Crippen LogP contribution in [0.3, 0.4) is 0 Å². The van der Waals surface area contributed by atoms with Gasteiger partial charge in [-0.15, -0.1) is 0 Å². The molecule has 0 bridgehead atoms. The Morgan fingerprint density at radius 3 is 2.65 bits per heavy atom. The van der Waals surface area contributed by atoms with Gasteiger partial charge in [-0.05, 0) is 42.3 Å². The van der Waals surface area contributed by atoms with Gasteiger partial charge in [0.15, 0.2) is 6.61 Å². The average molecular weight is 393 g/mol. The number of esters is 1. The SMILES string of the molecule is Cc1cc(=O)oc2cc(OCC(=O)OCc3ccc(Cl)c(Cl)c3)ccc12. The van der Waals surface area contributed by atoms with Crippen molar-refractivity contribution in [2.75, 3.05) is 6.61 Å². The maximum Gasteiger partial charge on any atom is 0.344 e. The summed E-state index contributed by atoms with van der Waals surface area (Å²) in [5.41, 5.74) is 1.49. The second kappa shape index (κ2) is 7.81. The Morgan fingerprint density at radius 1 is 1.08 bits per heavy atom. The topological polar surface area (TPSA) is 65.7 Å². The van der Waals surface area contributed by atoms with Gasteiger partial charge in [0.25, 0.3) is 0 Å². The fraction of sp³-hybridized carbons (Fsp3) is 0.158. The van der Waals surface area contributed by atoms with Crippen molar-refractivity contribution < 1.29 is 18.7 Å². The zero-order valence-corrected chi connectivity index (χ0v) is 15.3. The number of benzene rings is 2. The van der Waals surface area contributed by atoms with E-state index in [1.54, 1.807) is 36.4 Å². The van der Waals surface area contributed by atoms with E-state index in [9.17, 15) is 9.59 Å². The number of fused-ring (bicyclic) bond motifs is 1. The van der Waals surface area contributed by atoms with Gasteiger partial charge in [0.05, 0.1) is 10.0 Å². The fourth-order valence-electron chi connectivity index (χ4n) is 2.37. The first-order chi connectivity index (χ1) is 12.4. The first kappa shape index (κ1) is 18.3. The van der Waals surface area contributed by atoms with E-state index in [1.165, 1.54) is 6.07 Å². The van der Waals surface area contributed by atoms with E-state index < -0.39 is 11.6 Å². The summed E-state index contributed by atoms with van der Waals surface area (Å²) in [5, 5.41) is 1.63. The highest BCUT2D eigenvalue weighted by Crippen LogP contribution is 2.23. The molecule has 7 heteroatoms. The van der Waals surface area contributed by atoms with Crippen LogP contribution in [0.4, 0.5) is 0 Å². The molecule has 0 aliphatic rings. The molecule has 0 saturated heterocycles. The van der Waals surface area contributed by atoms with E-state index in [-0.39, 0.29) is 13.2 Å². The van der Waals surface area contributed by atoms with Crippen LogP contribution in [-0.2, 0) is 16.1 Å². The number of hydrogen-bond acceptors (Lipinski definition) is 5. The Morgan fingerprint density at radius 2 is 1.88 bits per heavy atom. The average Bonchev–Trinajstić information content (AvgIpc) is 2.60. The Hall–Kier alpha value is -2.50. The summed E-state index contributed by atoms with van der Waals surface area (Å²) in [4.78, 5) is 23.3. The van der Waals surface area contributed by atoms with E-state index in [4.69, 9.17) is 37.1 Å². The van der Waals surface area contributed by atoms with Crippen molar-refractivity contribution in [2.45, 2.75) is 13.5 Å². The molecule has 3 rings (SSSR count). The van der Waals surface area contributed by atoms with Crippen molar-refractivity contribution in [1.82, 2.24) is 0 Å². The van der Waals surface area contributed by atoms with Crippen LogP contribution in [0.5, 0.6) is 5.75 Å². The zero-order valence-electron chi connectivity index (χ0n) is 13.8. The van der Waals surface area contributed by atoms with Gasteiger partial charge in [-0.1, -0.05) is 29.3 Å². The molecular formula is C19H14Cl2O5. The van der Waals surface area contributed by atoms with Crippen molar-refractivity contribution in [2.24, 2.45) is 0 Å². The molecule has 0 saturated carbocycles. The van der Waals surface area contributed by atoms with E-state index >= 15 is 0 Å². The summed E-state index contributed by atoms with van der Waals surface area (Å²) in [6, 6.07) is 11.4. The first-order valence-electron chi connectivity index (χ1n) is 7.69. The van der Waals surface area contributed by atoms with Gasteiger partial charge in [0.1, 0.15) is 17.9 Å². The van der Waals surface area contributed by atoms with Crippen LogP contribution in [0.2, 0.25) is 10.0 Å². The Balaban J connectivity index is 1.59. The molecule has 1 aromatic heterocycles. The molecule has 0 amide bonds. The normalized spacial score (nSPS) is 10.7. The maximum atomic E-state index is 11.8. The van der Waals surface area contributed by atoms with Crippen LogP contribution in [-0.4, -0.2) is 12.6 Å². The van der Waals surface area contributed by atoms with Crippen molar-refractivity contribution in [1.29, 1.82) is 0 Å². The van der Waals surface area contributed by atoms with Crippen molar-refractivity contribution in [3.05, 3.63) is 74.1 Å². The number of aryl methyl sites for hydroxylation is 1. The molecule has 0 radical (unpaired) electrons. The number of ether oxygens (including phenoxy) is 2. The predicted octanol–water partition coefficient (Wildman–Crippen LogP) is 4.53. The molecule has 5 nitrogen and oxygen atoms in total. The fourth-order valence-corrected chi connectivity index (χ4v) is 2.69. The van der Waals surface area contributed by atoms with Crippen LogP contribution in [0, 0.1) is 6.92 Å². The smallest absolute Gasteiger partial charge is 0.344 e. The van der Waals surface area contributed by atoms with Gasteiger partial charge in [0, 0.05) is 17.5 Å². The lowest BCUT2D eigenvalue weighted by Gasteiger charge is -2.08. The summed E-state index contributed by atoms with van der Waals surface area (Å²) in [7, 11) is 0. The molecule has 1 heterocycles. The standard InChI is InChI=1S/C19H14Cl2O5/c1-11-6-18(22)26-17-8-13(3-4-14(11)17)24-10-19(23)25-9-12-2-5-15(20)16(21)7-12/h2-8H,9-10H2,1H3. The summed E-state index contributed by atoms with van der Waals surface area (Å²) >= 11 is 11.7. The number of rotatable bonds is 5. The Labute approximate surface area is 159 Å². The molecule has 3 aromatic rings. The summed E-state index contributed by atoms with van der Waals surface area (Å²) in [5.74, 6) is -0.139. The molecule has 0 aliphatic heterocycles. The van der Waals surface area contributed by atoms with Crippen molar-refractivity contribution in [3.63, 3.8) is 0 Å². The maximum absolute atomic E-state index is 11.8. The monoisotopic (exact) mass is 392 g/mol. The van der Waals surface area contributed by atoms with Gasteiger partial charge >= 0.3 is 11.6 Å². The van der Waals surface area contributed by atoms with Crippen LogP contribution in [0.25, 0.3) is 11.0 Å². The minimum atomic E-state index is -0.540. The molecule has 0 fully saturated rings. The number of halogens is 2. The third-order valence-corrected chi connectivity index (χ3v) is 4.40. The summed E-state index contributed by atoms with van der Waals surface area (Å²) < 4.78 is 15.7.